The highest BCUT2D eigenvalue weighted by Gasteiger charge is 2.15. The van der Waals surface area contributed by atoms with E-state index in [0.29, 0.717) is 12.1 Å². The second-order valence-corrected chi connectivity index (χ2v) is 6.20. The van der Waals surface area contributed by atoms with Gasteiger partial charge in [0.15, 0.2) is 0 Å². The molecule has 0 N–H and O–H groups in total. The van der Waals surface area contributed by atoms with Crippen molar-refractivity contribution < 1.29 is 9.53 Å². The van der Waals surface area contributed by atoms with Crippen LogP contribution in [0.1, 0.15) is 11.1 Å². The van der Waals surface area contributed by atoms with E-state index >= 15 is 0 Å². The van der Waals surface area contributed by atoms with Crippen molar-refractivity contribution >= 4 is 23.4 Å². The van der Waals surface area contributed by atoms with Gasteiger partial charge in [-0.05, 0) is 23.1 Å². The highest BCUT2D eigenvalue weighted by Crippen LogP contribution is 2.28. The highest BCUT2D eigenvalue weighted by atomic mass is 32.1. The molecule has 0 saturated carbocycles. The van der Waals surface area contributed by atoms with Crippen molar-refractivity contribution in [3.8, 4) is 16.6 Å². The molecule has 1 aromatic carbocycles. The van der Waals surface area contributed by atoms with Crippen LogP contribution in [0.15, 0.2) is 59.6 Å². The van der Waals surface area contributed by atoms with Crippen LogP contribution in [0, 0.1) is 11.3 Å². The molecule has 0 aliphatic heterocycles. The summed E-state index contributed by atoms with van der Waals surface area (Å²) in [5.74, 6) is -0.657. The van der Waals surface area contributed by atoms with E-state index in [0.717, 1.165) is 16.1 Å². The summed E-state index contributed by atoms with van der Waals surface area (Å²) in [6.07, 6.45) is 3.36. The summed E-state index contributed by atoms with van der Waals surface area (Å²) in [4.78, 5) is 12.7. The molecule has 5 nitrogen and oxygen atoms in total. The number of hydrogen-bond donors (Lipinski definition) is 0. The summed E-state index contributed by atoms with van der Waals surface area (Å²) in [5, 5.41) is 15.8. The fraction of sp³-hybridized carbons (Fsp3) is 0.105. The number of thiophene rings is 1. The SMILES string of the molecule is COC(=O)C(C#N)=Cc1cn(Cc2ccccc2)nc1-c1cccs1. The third kappa shape index (κ3) is 3.84. The Bertz CT molecular complexity index is 935. The van der Waals surface area contributed by atoms with Crippen LogP contribution in [-0.2, 0) is 16.1 Å². The molecule has 0 unspecified atom stereocenters. The van der Waals surface area contributed by atoms with E-state index < -0.39 is 5.97 Å². The Morgan fingerprint density at radius 3 is 2.76 bits per heavy atom. The lowest BCUT2D eigenvalue weighted by atomic mass is 10.1. The van der Waals surface area contributed by atoms with E-state index in [-0.39, 0.29) is 5.57 Å². The molecule has 0 saturated heterocycles. The van der Waals surface area contributed by atoms with E-state index in [1.807, 2.05) is 64.8 Å². The zero-order chi connectivity index (χ0) is 17.6. The first-order chi connectivity index (χ1) is 12.2. The quantitative estimate of drug-likeness (QED) is 0.400. The minimum atomic E-state index is -0.657. The van der Waals surface area contributed by atoms with E-state index in [4.69, 9.17) is 0 Å². The van der Waals surface area contributed by atoms with Crippen LogP contribution >= 0.6 is 11.3 Å². The van der Waals surface area contributed by atoms with Gasteiger partial charge in [-0.2, -0.15) is 10.4 Å². The van der Waals surface area contributed by atoms with Crippen molar-refractivity contribution in [2.24, 2.45) is 0 Å². The van der Waals surface area contributed by atoms with Crippen molar-refractivity contribution in [1.82, 2.24) is 9.78 Å². The Balaban J connectivity index is 2.02. The normalized spacial score (nSPS) is 11.1. The van der Waals surface area contributed by atoms with Crippen LogP contribution in [-0.4, -0.2) is 22.9 Å². The van der Waals surface area contributed by atoms with E-state index in [9.17, 15) is 10.1 Å². The van der Waals surface area contributed by atoms with Crippen molar-refractivity contribution in [1.29, 1.82) is 5.26 Å². The molecular formula is C19H15N3O2S. The number of hydrogen-bond acceptors (Lipinski definition) is 5. The molecule has 0 radical (unpaired) electrons. The third-order valence-corrected chi connectivity index (χ3v) is 4.43. The fourth-order valence-electron chi connectivity index (χ4n) is 2.40. The van der Waals surface area contributed by atoms with Crippen LogP contribution < -0.4 is 0 Å². The average molecular weight is 349 g/mol. The van der Waals surface area contributed by atoms with Crippen LogP contribution in [0.4, 0.5) is 0 Å². The van der Waals surface area contributed by atoms with Gasteiger partial charge < -0.3 is 4.74 Å². The Morgan fingerprint density at radius 2 is 2.12 bits per heavy atom. The number of benzene rings is 1. The minimum Gasteiger partial charge on any atom is -0.465 e. The van der Waals surface area contributed by atoms with E-state index in [2.05, 4.69) is 9.84 Å². The van der Waals surface area contributed by atoms with Gasteiger partial charge in [0.05, 0.1) is 18.5 Å². The maximum Gasteiger partial charge on any atom is 0.348 e. The zero-order valence-corrected chi connectivity index (χ0v) is 14.4. The van der Waals surface area contributed by atoms with Crippen LogP contribution in [0.3, 0.4) is 0 Å². The standard InChI is InChI=1S/C19H15N3O2S/c1-24-19(23)15(11-20)10-16-13-22(12-14-6-3-2-4-7-14)21-18(16)17-8-5-9-25-17/h2-10,13H,12H2,1H3. The van der Waals surface area contributed by atoms with Crippen LogP contribution in [0.5, 0.6) is 0 Å². The third-order valence-electron chi connectivity index (χ3n) is 3.56. The molecule has 0 atom stereocenters. The summed E-state index contributed by atoms with van der Waals surface area (Å²) >= 11 is 1.55. The Hall–Kier alpha value is -3.17. The van der Waals surface area contributed by atoms with Crippen LogP contribution in [0.2, 0.25) is 0 Å². The van der Waals surface area contributed by atoms with Gasteiger partial charge in [0.1, 0.15) is 17.3 Å². The molecule has 0 amide bonds. The first-order valence-electron chi connectivity index (χ1n) is 7.56. The number of carbonyl (C=O) groups excluding carboxylic acids is 1. The van der Waals surface area contributed by atoms with Gasteiger partial charge in [0.2, 0.25) is 0 Å². The molecule has 0 fully saturated rings. The van der Waals surface area contributed by atoms with Crippen molar-refractivity contribution in [3.63, 3.8) is 0 Å². The number of rotatable bonds is 5. The summed E-state index contributed by atoms with van der Waals surface area (Å²) in [6.45, 7) is 0.604. The van der Waals surface area contributed by atoms with Gasteiger partial charge in [-0.1, -0.05) is 36.4 Å². The molecule has 3 rings (SSSR count). The summed E-state index contributed by atoms with van der Waals surface area (Å²) in [5.41, 5.74) is 2.51. The minimum absolute atomic E-state index is 0.0560. The summed E-state index contributed by atoms with van der Waals surface area (Å²) < 4.78 is 6.46. The number of nitriles is 1. The molecule has 2 aromatic heterocycles. The average Bonchev–Trinajstić information content (AvgIpc) is 3.29. The smallest absolute Gasteiger partial charge is 0.348 e. The topological polar surface area (TPSA) is 67.9 Å². The molecule has 0 bridgehead atoms. The lowest BCUT2D eigenvalue weighted by Gasteiger charge is -2.00. The van der Waals surface area contributed by atoms with Crippen molar-refractivity contribution in [2.45, 2.75) is 6.54 Å². The van der Waals surface area contributed by atoms with Gasteiger partial charge in [0, 0.05) is 11.8 Å². The fourth-order valence-corrected chi connectivity index (χ4v) is 3.13. The lowest BCUT2D eigenvalue weighted by Crippen LogP contribution is -2.02. The second kappa shape index (κ2) is 7.60. The van der Waals surface area contributed by atoms with Gasteiger partial charge in [-0.3, -0.25) is 4.68 Å². The van der Waals surface area contributed by atoms with E-state index in [1.54, 1.807) is 11.3 Å². The lowest BCUT2D eigenvalue weighted by molar-refractivity contribution is -0.135. The van der Waals surface area contributed by atoms with Gasteiger partial charge in [-0.15, -0.1) is 11.3 Å². The van der Waals surface area contributed by atoms with Crippen molar-refractivity contribution in [3.05, 3.63) is 70.7 Å². The van der Waals surface area contributed by atoms with Crippen LogP contribution in [0.25, 0.3) is 16.6 Å². The first kappa shape index (κ1) is 16.7. The molecule has 6 heteroatoms. The highest BCUT2D eigenvalue weighted by molar-refractivity contribution is 7.13. The Kier molecular flexibility index (Phi) is 5.07. The molecule has 124 valence electrons. The maximum absolute atomic E-state index is 11.7. The summed E-state index contributed by atoms with van der Waals surface area (Å²) in [7, 11) is 1.26. The molecular weight excluding hydrogens is 334 g/mol. The number of esters is 1. The molecule has 0 aliphatic rings. The molecule has 3 aromatic rings. The number of carbonyl (C=O) groups is 1. The van der Waals surface area contributed by atoms with Crippen molar-refractivity contribution in [2.75, 3.05) is 7.11 Å². The Labute approximate surface area is 149 Å². The molecule has 25 heavy (non-hydrogen) atoms. The second-order valence-electron chi connectivity index (χ2n) is 5.25. The number of methoxy groups -OCH3 is 1. The molecule has 0 aliphatic carbocycles. The van der Waals surface area contributed by atoms with Gasteiger partial charge in [0.25, 0.3) is 0 Å². The number of nitrogens with zero attached hydrogens (tertiary/aromatic N) is 3. The molecule has 0 spiro atoms. The molecule has 2 heterocycles. The predicted molar refractivity (Wildman–Crippen MR) is 96.7 cm³/mol. The Morgan fingerprint density at radius 1 is 1.32 bits per heavy atom. The monoisotopic (exact) mass is 349 g/mol. The largest absolute Gasteiger partial charge is 0.465 e. The maximum atomic E-state index is 11.7. The summed E-state index contributed by atoms with van der Waals surface area (Å²) in [6, 6.07) is 15.8. The zero-order valence-electron chi connectivity index (χ0n) is 13.5. The predicted octanol–water partition coefficient (Wildman–Crippen LogP) is 3.74. The number of aromatic nitrogens is 2. The first-order valence-corrected chi connectivity index (χ1v) is 8.44. The van der Waals surface area contributed by atoms with Gasteiger partial charge in [-0.25, -0.2) is 4.79 Å². The number of ether oxygens (including phenoxy) is 1. The van der Waals surface area contributed by atoms with E-state index in [1.165, 1.54) is 13.2 Å². The van der Waals surface area contributed by atoms with Gasteiger partial charge >= 0.3 is 5.97 Å².